The summed E-state index contributed by atoms with van der Waals surface area (Å²) in [5.41, 5.74) is 17.8. The Kier molecular flexibility index (Phi) is 10.9. The molecule has 0 spiro atoms. The van der Waals surface area contributed by atoms with Crippen LogP contribution in [-0.4, -0.2) is 35.7 Å². The van der Waals surface area contributed by atoms with Crippen molar-refractivity contribution in [1.82, 2.24) is 10.9 Å². The number of hydrazine groups is 1. The number of benzene rings is 5. The minimum atomic E-state index is -1.46. The van der Waals surface area contributed by atoms with Crippen molar-refractivity contribution in [3.63, 3.8) is 0 Å². The summed E-state index contributed by atoms with van der Waals surface area (Å²) in [6.45, 7) is 0.899. The fourth-order valence-electron chi connectivity index (χ4n) is 5.99. The van der Waals surface area contributed by atoms with Crippen molar-refractivity contribution in [3.05, 3.63) is 158 Å². The molecule has 49 heavy (non-hydrogen) atoms. The van der Waals surface area contributed by atoms with Gasteiger partial charge in [0.1, 0.15) is 5.75 Å². The van der Waals surface area contributed by atoms with E-state index in [1.165, 1.54) is 0 Å². The van der Waals surface area contributed by atoms with Crippen molar-refractivity contribution in [2.45, 2.75) is 37.6 Å². The molecule has 0 bridgehead atoms. The van der Waals surface area contributed by atoms with Crippen LogP contribution in [0.1, 0.15) is 40.3 Å². The Morgan fingerprint density at radius 2 is 1.69 bits per heavy atom. The smallest absolute Gasteiger partial charge is 0.266 e. The number of halogens is 1. The topological polar surface area (TPSA) is 141 Å². The van der Waals surface area contributed by atoms with Crippen LogP contribution in [-0.2, 0) is 29.0 Å². The van der Waals surface area contributed by atoms with Crippen molar-refractivity contribution in [3.8, 4) is 5.75 Å². The number of azide groups is 1. The Bertz CT molecular complexity index is 1990. The quantitative estimate of drug-likeness (QED) is 0.0359. The highest BCUT2D eigenvalue weighted by Gasteiger charge is 2.54. The molecule has 0 saturated heterocycles. The average molecular weight is 720 g/mol. The van der Waals surface area contributed by atoms with Crippen molar-refractivity contribution in [2.75, 3.05) is 13.2 Å². The summed E-state index contributed by atoms with van der Waals surface area (Å²) in [6, 6.07) is 36.7. The molecule has 5 aromatic rings. The van der Waals surface area contributed by atoms with Gasteiger partial charge in [-0.25, -0.2) is 10.4 Å². The number of carbonyl (C=O) groups excluding carboxylic acids is 1. The summed E-state index contributed by atoms with van der Waals surface area (Å²) in [5.74, 6) is 0.563. The molecule has 6 rings (SSSR count). The summed E-state index contributed by atoms with van der Waals surface area (Å²) in [7, 11) is 0. The minimum Gasteiger partial charge on any atom is -0.494 e. The first-order chi connectivity index (χ1) is 24.0. The number of hydrogen-bond donors (Lipinski definition) is 3. The van der Waals surface area contributed by atoms with Crippen LogP contribution in [0, 0.1) is 0 Å². The number of amides is 1. The third-order valence-electron chi connectivity index (χ3n) is 8.42. The fourth-order valence-corrected chi connectivity index (χ4v) is 6.25. The summed E-state index contributed by atoms with van der Waals surface area (Å²) in [6.07, 6.45) is -0.124. The molecule has 0 fully saturated rings. The molecule has 0 unspecified atom stereocenters. The molecule has 1 aliphatic heterocycles. The maximum absolute atomic E-state index is 14.7. The molecule has 1 amide bonds. The Hall–Kier alpha value is -5.19. The molecule has 1 aliphatic rings. The third kappa shape index (κ3) is 7.77. The van der Waals surface area contributed by atoms with E-state index in [1.807, 2.05) is 97.1 Å². The van der Waals surface area contributed by atoms with Gasteiger partial charge in [-0.1, -0.05) is 99.9 Å². The van der Waals surface area contributed by atoms with Gasteiger partial charge in [-0.15, -0.1) is 0 Å². The highest BCUT2D eigenvalue weighted by Crippen LogP contribution is 2.44. The van der Waals surface area contributed by atoms with E-state index in [9.17, 15) is 4.79 Å². The van der Waals surface area contributed by atoms with E-state index in [-0.39, 0.29) is 25.5 Å². The molecule has 5 aromatic carbocycles. The number of aliphatic hydroxyl groups is 1. The SMILES string of the molecule is [N-]=[N+]=NCc1ccccc1[C@@H]1OC(c2ccc(OCCCO)cc2)=N[C@]1(Cc1ccc(Br)cc1)C(=O)NNCc1cccc2ccccc12. The van der Waals surface area contributed by atoms with Gasteiger partial charge in [0, 0.05) is 40.9 Å². The van der Waals surface area contributed by atoms with Crippen LogP contribution in [0.3, 0.4) is 0 Å². The van der Waals surface area contributed by atoms with Crippen LogP contribution >= 0.6 is 15.9 Å². The Labute approximate surface area is 292 Å². The fraction of sp³-hybridized carbons (Fsp3) is 0.211. The number of ether oxygens (including phenoxy) is 2. The lowest BCUT2D eigenvalue weighted by atomic mass is 9.81. The molecular formula is C38H35BrN6O4. The first-order valence-electron chi connectivity index (χ1n) is 15.9. The highest BCUT2D eigenvalue weighted by molar-refractivity contribution is 9.10. The normalized spacial score (nSPS) is 16.8. The molecule has 1 heterocycles. The maximum atomic E-state index is 14.7. The maximum Gasteiger partial charge on any atom is 0.266 e. The lowest BCUT2D eigenvalue weighted by Crippen LogP contribution is -2.53. The second kappa shape index (κ2) is 15.8. The zero-order valence-electron chi connectivity index (χ0n) is 26.6. The van der Waals surface area contributed by atoms with E-state index < -0.39 is 11.6 Å². The number of fused-ring (bicyclic) bond motifs is 1. The molecule has 11 heteroatoms. The van der Waals surface area contributed by atoms with Gasteiger partial charge in [0.05, 0.1) is 13.2 Å². The second-order valence-corrected chi connectivity index (χ2v) is 12.5. The zero-order chi connectivity index (χ0) is 34.1. The van der Waals surface area contributed by atoms with Crippen LogP contribution in [0.25, 0.3) is 21.2 Å². The summed E-state index contributed by atoms with van der Waals surface area (Å²) >= 11 is 3.52. The third-order valence-corrected chi connectivity index (χ3v) is 8.95. The lowest BCUT2D eigenvalue weighted by Gasteiger charge is -2.32. The van der Waals surface area contributed by atoms with E-state index in [1.54, 1.807) is 0 Å². The van der Waals surface area contributed by atoms with Crippen molar-refractivity contribution in [1.29, 1.82) is 0 Å². The molecular weight excluding hydrogens is 684 g/mol. The van der Waals surface area contributed by atoms with Gasteiger partial charge in [0.25, 0.3) is 5.91 Å². The molecule has 248 valence electrons. The molecule has 0 aromatic heterocycles. The van der Waals surface area contributed by atoms with E-state index in [0.29, 0.717) is 42.3 Å². The predicted octanol–water partition coefficient (Wildman–Crippen LogP) is 7.49. The van der Waals surface area contributed by atoms with Gasteiger partial charge >= 0.3 is 0 Å². The number of hydrogen-bond acceptors (Lipinski definition) is 7. The number of nitrogens with one attached hydrogen (secondary N) is 2. The molecule has 10 nitrogen and oxygen atoms in total. The molecule has 0 saturated carbocycles. The van der Waals surface area contributed by atoms with E-state index >= 15 is 0 Å². The number of aliphatic hydroxyl groups excluding tert-OH is 1. The number of aliphatic imine (C=N–C) groups is 1. The average Bonchev–Trinajstić information content (AvgIpc) is 3.52. The first kappa shape index (κ1) is 33.7. The number of nitrogens with zero attached hydrogens (tertiary/aromatic N) is 4. The van der Waals surface area contributed by atoms with Crippen LogP contribution in [0.5, 0.6) is 5.75 Å². The van der Waals surface area contributed by atoms with Crippen LogP contribution < -0.4 is 15.6 Å². The number of rotatable bonds is 14. The number of carbonyl (C=O) groups is 1. The van der Waals surface area contributed by atoms with E-state index in [0.717, 1.165) is 31.9 Å². The largest absolute Gasteiger partial charge is 0.494 e. The predicted molar refractivity (Wildman–Crippen MR) is 193 cm³/mol. The van der Waals surface area contributed by atoms with Gasteiger partial charge in [0.2, 0.25) is 5.90 Å². The van der Waals surface area contributed by atoms with Crippen molar-refractivity contribution >= 4 is 38.5 Å². The summed E-state index contributed by atoms with van der Waals surface area (Å²) in [4.78, 5) is 22.8. The van der Waals surface area contributed by atoms with Gasteiger partial charge in [-0.3, -0.25) is 10.2 Å². The van der Waals surface area contributed by atoms with Gasteiger partial charge < -0.3 is 14.6 Å². The van der Waals surface area contributed by atoms with Crippen molar-refractivity contribution < 1.29 is 19.4 Å². The van der Waals surface area contributed by atoms with E-state index in [4.69, 9.17) is 25.1 Å². The van der Waals surface area contributed by atoms with Crippen LogP contribution in [0.2, 0.25) is 0 Å². The van der Waals surface area contributed by atoms with Crippen LogP contribution in [0.15, 0.2) is 130 Å². The van der Waals surface area contributed by atoms with Gasteiger partial charge in [-0.05, 0) is 75.0 Å². The van der Waals surface area contributed by atoms with E-state index in [2.05, 4.69) is 55.0 Å². The molecule has 0 radical (unpaired) electrons. The lowest BCUT2D eigenvalue weighted by molar-refractivity contribution is -0.130. The Morgan fingerprint density at radius 1 is 0.959 bits per heavy atom. The van der Waals surface area contributed by atoms with Crippen molar-refractivity contribution in [2.24, 2.45) is 10.1 Å². The monoisotopic (exact) mass is 718 g/mol. The van der Waals surface area contributed by atoms with Gasteiger partial charge in [-0.2, -0.15) is 0 Å². The molecule has 3 N–H and O–H groups in total. The summed E-state index contributed by atoms with van der Waals surface area (Å²) in [5, 5.41) is 15.1. The standard InChI is InChI=1S/C38H35BrN6O4/c39-31-17-13-26(14-18-31)23-38(37(47)44-41-24-29-10-5-9-27-7-1-3-11-33(27)29)35(34-12-4-2-8-30(34)25-42-45-40)49-36(43-38)28-15-19-32(20-16-28)48-22-6-21-46/h1-5,7-20,35,41,46H,6,21-25H2,(H,44,47)/t35-,38-/m0/s1. The minimum absolute atomic E-state index is 0.0462. The first-order valence-corrected chi connectivity index (χ1v) is 16.7. The van der Waals surface area contributed by atoms with Gasteiger partial charge in [0.15, 0.2) is 11.6 Å². The Morgan fingerprint density at radius 3 is 2.49 bits per heavy atom. The Balaban J connectivity index is 1.39. The zero-order valence-corrected chi connectivity index (χ0v) is 28.2. The molecule has 2 atom stereocenters. The van der Waals surface area contributed by atoms with Crippen LogP contribution in [0.4, 0.5) is 0 Å². The highest BCUT2D eigenvalue weighted by atomic mass is 79.9. The summed E-state index contributed by atoms with van der Waals surface area (Å²) < 4.78 is 13.3. The second-order valence-electron chi connectivity index (χ2n) is 11.6. The molecule has 0 aliphatic carbocycles.